The van der Waals surface area contributed by atoms with Gasteiger partial charge in [-0.1, -0.05) is 31.3 Å². The van der Waals surface area contributed by atoms with Crippen molar-refractivity contribution in [3.8, 4) is 11.8 Å². The molecule has 1 aromatic rings. The fraction of sp³-hybridized carbons (Fsp3) is 0.471. The summed E-state index contributed by atoms with van der Waals surface area (Å²) in [4.78, 5) is 12.3. The molecule has 2 rings (SSSR count). The molecule has 0 aromatic heterocycles. The van der Waals surface area contributed by atoms with Crippen molar-refractivity contribution in [3.63, 3.8) is 0 Å². The summed E-state index contributed by atoms with van der Waals surface area (Å²) in [6, 6.07) is 5.96. The highest BCUT2D eigenvalue weighted by atomic mass is 16.1. The van der Waals surface area contributed by atoms with E-state index < -0.39 is 0 Å². The third-order valence-corrected chi connectivity index (χ3v) is 4.00. The van der Waals surface area contributed by atoms with E-state index in [2.05, 4.69) is 24.1 Å². The van der Waals surface area contributed by atoms with Crippen LogP contribution < -0.4 is 11.1 Å². The molecule has 2 unspecified atom stereocenters. The second-order valence-electron chi connectivity index (χ2n) is 5.52. The first-order valence-electron chi connectivity index (χ1n) is 7.22. The van der Waals surface area contributed by atoms with Crippen LogP contribution in [0.15, 0.2) is 18.2 Å². The van der Waals surface area contributed by atoms with Crippen molar-refractivity contribution in [3.05, 3.63) is 34.9 Å². The van der Waals surface area contributed by atoms with Crippen molar-refractivity contribution in [2.45, 2.75) is 39.2 Å². The molecule has 0 aliphatic heterocycles. The molecule has 106 valence electrons. The predicted molar refractivity (Wildman–Crippen MR) is 81.4 cm³/mol. The van der Waals surface area contributed by atoms with Gasteiger partial charge in [0.15, 0.2) is 0 Å². The summed E-state index contributed by atoms with van der Waals surface area (Å²) < 4.78 is 0. The zero-order valence-electron chi connectivity index (χ0n) is 12.2. The molecule has 0 radical (unpaired) electrons. The van der Waals surface area contributed by atoms with Crippen LogP contribution in [0.25, 0.3) is 0 Å². The first kappa shape index (κ1) is 14.6. The van der Waals surface area contributed by atoms with Gasteiger partial charge in [0.2, 0.25) is 0 Å². The van der Waals surface area contributed by atoms with Crippen molar-refractivity contribution in [1.82, 2.24) is 5.32 Å². The van der Waals surface area contributed by atoms with E-state index in [1.54, 1.807) is 0 Å². The Labute approximate surface area is 120 Å². The number of nitrogens with one attached hydrogen (secondary N) is 1. The molecule has 1 aliphatic rings. The molecule has 1 aromatic carbocycles. The zero-order chi connectivity index (χ0) is 14.5. The smallest absolute Gasteiger partial charge is 0.251 e. The maximum absolute atomic E-state index is 12.3. The number of hydrogen-bond donors (Lipinski definition) is 2. The molecule has 3 nitrogen and oxygen atoms in total. The van der Waals surface area contributed by atoms with E-state index in [4.69, 9.17) is 5.73 Å². The van der Waals surface area contributed by atoms with Crippen molar-refractivity contribution in [2.24, 2.45) is 11.7 Å². The van der Waals surface area contributed by atoms with Gasteiger partial charge in [-0.25, -0.2) is 0 Å². The maximum atomic E-state index is 12.3. The molecule has 1 fully saturated rings. The molecule has 0 spiro atoms. The Kier molecular flexibility index (Phi) is 4.81. The number of carbonyl (C=O) groups is 1. The fourth-order valence-corrected chi connectivity index (χ4v) is 2.66. The average Bonchev–Trinajstić information content (AvgIpc) is 2.83. The van der Waals surface area contributed by atoms with Crippen molar-refractivity contribution in [1.29, 1.82) is 0 Å². The molecule has 1 amide bonds. The standard InChI is InChI=1S/C17H22N2O/c1-12-8-9-15(11-14(12)6-4-10-18)17(20)19-16-7-3-5-13(16)2/h8-9,11,13,16H,3,5,7,10,18H2,1-2H3,(H,19,20). The van der Waals surface area contributed by atoms with Crippen LogP contribution in [0.5, 0.6) is 0 Å². The molecule has 0 bridgehead atoms. The molecule has 0 saturated heterocycles. The zero-order valence-corrected chi connectivity index (χ0v) is 12.2. The second-order valence-corrected chi connectivity index (χ2v) is 5.52. The largest absolute Gasteiger partial charge is 0.349 e. The summed E-state index contributed by atoms with van der Waals surface area (Å²) in [5.41, 5.74) is 8.02. The minimum atomic E-state index is -0.000418. The molecule has 2 atom stereocenters. The fourth-order valence-electron chi connectivity index (χ4n) is 2.66. The van der Waals surface area contributed by atoms with Crippen LogP contribution in [-0.2, 0) is 0 Å². The number of rotatable bonds is 2. The summed E-state index contributed by atoms with van der Waals surface area (Å²) in [6.07, 6.45) is 3.48. The second kappa shape index (κ2) is 6.58. The highest BCUT2D eigenvalue weighted by Crippen LogP contribution is 2.25. The Balaban J connectivity index is 2.13. The van der Waals surface area contributed by atoms with Crippen molar-refractivity contribution >= 4 is 5.91 Å². The lowest BCUT2D eigenvalue weighted by Crippen LogP contribution is -2.36. The number of benzene rings is 1. The van der Waals surface area contributed by atoms with Gasteiger partial charge in [0, 0.05) is 17.2 Å². The average molecular weight is 270 g/mol. The molecule has 3 N–H and O–H groups in total. The van der Waals surface area contributed by atoms with Gasteiger partial charge in [0.1, 0.15) is 0 Å². The van der Waals surface area contributed by atoms with E-state index in [1.807, 2.05) is 25.1 Å². The Bertz CT molecular complexity index is 554. The van der Waals surface area contributed by atoms with Gasteiger partial charge >= 0.3 is 0 Å². The first-order valence-corrected chi connectivity index (χ1v) is 7.22. The lowest BCUT2D eigenvalue weighted by atomic mass is 10.0. The van der Waals surface area contributed by atoms with E-state index in [1.165, 1.54) is 12.8 Å². The number of nitrogens with two attached hydrogens (primary N) is 1. The molecule has 1 aliphatic carbocycles. The van der Waals surface area contributed by atoms with Crippen LogP contribution in [0.3, 0.4) is 0 Å². The lowest BCUT2D eigenvalue weighted by Gasteiger charge is -2.17. The topological polar surface area (TPSA) is 55.1 Å². The molecule has 3 heteroatoms. The van der Waals surface area contributed by atoms with Gasteiger partial charge < -0.3 is 11.1 Å². The van der Waals surface area contributed by atoms with Crippen LogP contribution >= 0.6 is 0 Å². The number of aryl methyl sites for hydroxylation is 1. The number of carbonyl (C=O) groups excluding carboxylic acids is 1. The van der Waals surface area contributed by atoms with Gasteiger partial charge in [-0.05, 0) is 43.4 Å². The first-order chi connectivity index (χ1) is 9.61. The monoisotopic (exact) mass is 270 g/mol. The third-order valence-electron chi connectivity index (χ3n) is 4.00. The minimum absolute atomic E-state index is 0.000418. The van der Waals surface area contributed by atoms with Crippen LogP contribution in [0, 0.1) is 24.7 Å². The predicted octanol–water partition coefficient (Wildman–Crippen LogP) is 2.22. The van der Waals surface area contributed by atoms with Gasteiger partial charge in [-0.15, -0.1) is 0 Å². The van der Waals surface area contributed by atoms with E-state index >= 15 is 0 Å². The Morgan fingerprint density at radius 3 is 2.90 bits per heavy atom. The van der Waals surface area contributed by atoms with Gasteiger partial charge in [-0.2, -0.15) is 0 Å². The molecular weight excluding hydrogens is 248 g/mol. The number of amides is 1. The highest BCUT2D eigenvalue weighted by Gasteiger charge is 2.25. The van der Waals surface area contributed by atoms with Gasteiger partial charge in [0.25, 0.3) is 5.91 Å². The van der Waals surface area contributed by atoms with Crippen molar-refractivity contribution in [2.75, 3.05) is 6.54 Å². The SMILES string of the molecule is Cc1ccc(C(=O)NC2CCCC2C)cc1C#CCN. The summed E-state index contributed by atoms with van der Waals surface area (Å²) in [6.45, 7) is 4.52. The Morgan fingerprint density at radius 2 is 2.25 bits per heavy atom. The summed E-state index contributed by atoms with van der Waals surface area (Å²) in [5.74, 6) is 6.42. The highest BCUT2D eigenvalue weighted by molar-refractivity contribution is 5.94. The normalized spacial score (nSPS) is 21.1. The van der Waals surface area contributed by atoms with Gasteiger partial charge in [0.05, 0.1) is 6.54 Å². The summed E-state index contributed by atoms with van der Waals surface area (Å²) in [5, 5.41) is 3.14. The minimum Gasteiger partial charge on any atom is -0.349 e. The quantitative estimate of drug-likeness (QED) is 0.810. The third kappa shape index (κ3) is 3.40. The summed E-state index contributed by atoms with van der Waals surface area (Å²) >= 11 is 0. The maximum Gasteiger partial charge on any atom is 0.251 e. The van der Waals surface area contributed by atoms with E-state index in [9.17, 15) is 4.79 Å². The summed E-state index contributed by atoms with van der Waals surface area (Å²) in [7, 11) is 0. The van der Waals surface area contributed by atoms with Crippen LogP contribution in [0.1, 0.15) is 47.7 Å². The molecule has 20 heavy (non-hydrogen) atoms. The lowest BCUT2D eigenvalue weighted by molar-refractivity contribution is 0.0929. The van der Waals surface area contributed by atoms with Crippen LogP contribution in [0.2, 0.25) is 0 Å². The van der Waals surface area contributed by atoms with Crippen LogP contribution in [-0.4, -0.2) is 18.5 Å². The Hall–Kier alpha value is -1.79. The molecule has 1 saturated carbocycles. The Morgan fingerprint density at radius 1 is 1.45 bits per heavy atom. The van der Waals surface area contributed by atoms with E-state index in [0.717, 1.165) is 17.5 Å². The van der Waals surface area contributed by atoms with E-state index in [-0.39, 0.29) is 5.91 Å². The van der Waals surface area contributed by atoms with Gasteiger partial charge in [-0.3, -0.25) is 4.79 Å². The number of hydrogen-bond acceptors (Lipinski definition) is 2. The molecular formula is C17H22N2O. The van der Waals surface area contributed by atoms with Crippen molar-refractivity contribution < 1.29 is 4.79 Å². The van der Waals surface area contributed by atoms with Crippen LogP contribution in [0.4, 0.5) is 0 Å². The van der Waals surface area contributed by atoms with E-state index in [0.29, 0.717) is 24.1 Å². The molecule has 0 heterocycles.